The lowest BCUT2D eigenvalue weighted by molar-refractivity contribution is 0.0953. The van der Waals surface area contributed by atoms with E-state index in [0.29, 0.717) is 59.0 Å². The molecule has 0 unspecified atom stereocenters. The first-order valence-electron chi connectivity index (χ1n) is 11.4. The normalized spacial score (nSPS) is 10.9. The Bertz CT molecular complexity index is 1220. The number of carbonyl (C=O) groups is 1. The van der Waals surface area contributed by atoms with Crippen LogP contribution in [0, 0.1) is 4.77 Å². The number of ether oxygens (including phenoxy) is 2. The van der Waals surface area contributed by atoms with Crippen LogP contribution in [0.2, 0.25) is 0 Å². The van der Waals surface area contributed by atoms with Crippen LogP contribution in [0.4, 0.5) is 0 Å². The number of benzene rings is 2. The number of hydrogen-bond acceptors (Lipinski definition) is 5. The van der Waals surface area contributed by atoms with Gasteiger partial charge in [0.2, 0.25) is 0 Å². The van der Waals surface area contributed by atoms with Crippen LogP contribution in [0.25, 0.3) is 10.9 Å². The van der Waals surface area contributed by atoms with Crippen molar-refractivity contribution in [1.82, 2.24) is 14.9 Å². The molecular formula is C25H31N3O4S. The van der Waals surface area contributed by atoms with E-state index in [1.807, 2.05) is 26.0 Å². The van der Waals surface area contributed by atoms with Crippen LogP contribution in [0.3, 0.4) is 0 Å². The molecule has 8 heteroatoms. The van der Waals surface area contributed by atoms with E-state index in [9.17, 15) is 9.59 Å². The van der Waals surface area contributed by atoms with Gasteiger partial charge in [-0.2, -0.15) is 0 Å². The molecule has 0 aliphatic carbocycles. The van der Waals surface area contributed by atoms with Gasteiger partial charge < -0.3 is 19.8 Å². The Balaban J connectivity index is 1.85. The highest BCUT2D eigenvalue weighted by Crippen LogP contribution is 2.30. The Morgan fingerprint density at radius 1 is 1.03 bits per heavy atom. The van der Waals surface area contributed by atoms with Crippen molar-refractivity contribution >= 4 is 29.0 Å². The summed E-state index contributed by atoms with van der Waals surface area (Å²) in [5, 5.41) is 3.40. The molecule has 0 saturated heterocycles. The zero-order valence-corrected chi connectivity index (χ0v) is 20.2. The molecule has 1 aromatic heterocycles. The van der Waals surface area contributed by atoms with Gasteiger partial charge >= 0.3 is 0 Å². The lowest BCUT2D eigenvalue weighted by Crippen LogP contribution is -2.24. The summed E-state index contributed by atoms with van der Waals surface area (Å²) in [6.07, 6.45) is 3.18. The number of carbonyl (C=O) groups excluding carboxylic acids is 1. The lowest BCUT2D eigenvalue weighted by atomic mass is 10.1. The molecular weight excluding hydrogens is 438 g/mol. The van der Waals surface area contributed by atoms with E-state index in [1.165, 1.54) is 4.57 Å². The van der Waals surface area contributed by atoms with Gasteiger partial charge in [-0.1, -0.05) is 31.9 Å². The predicted octanol–water partition coefficient (Wildman–Crippen LogP) is 4.82. The van der Waals surface area contributed by atoms with Crippen LogP contribution < -0.4 is 20.3 Å². The average molecular weight is 470 g/mol. The van der Waals surface area contributed by atoms with Crippen molar-refractivity contribution in [2.45, 2.75) is 46.6 Å². The minimum atomic E-state index is -0.213. The zero-order valence-electron chi connectivity index (χ0n) is 19.4. The summed E-state index contributed by atoms with van der Waals surface area (Å²) in [5.74, 6) is 1.000. The van der Waals surface area contributed by atoms with Crippen molar-refractivity contribution in [1.29, 1.82) is 0 Å². The maximum atomic E-state index is 13.2. The van der Waals surface area contributed by atoms with Crippen molar-refractivity contribution in [3.63, 3.8) is 0 Å². The van der Waals surface area contributed by atoms with Crippen molar-refractivity contribution in [3.05, 3.63) is 62.6 Å². The van der Waals surface area contributed by atoms with Gasteiger partial charge in [0, 0.05) is 18.2 Å². The monoisotopic (exact) mass is 469 g/mol. The van der Waals surface area contributed by atoms with Crippen LogP contribution in [0.1, 0.15) is 56.0 Å². The summed E-state index contributed by atoms with van der Waals surface area (Å²) in [6, 6.07) is 10.7. The van der Waals surface area contributed by atoms with Gasteiger partial charge in [0.05, 0.1) is 30.7 Å². The number of fused-ring (bicyclic) bond motifs is 1. The Hall–Kier alpha value is -3.13. The van der Waals surface area contributed by atoms with E-state index in [4.69, 9.17) is 21.7 Å². The maximum Gasteiger partial charge on any atom is 0.262 e. The molecule has 0 aliphatic rings. The number of nitrogens with one attached hydrogen (secondary N) is 2. The number of nitrogens with zero attached hydrogens (tertiary/aromatic N) is 1. The lowest BCUT2D eigenvalue weighted by Gasteiger charge is -2.14. The van der Waals surface area contributed by atoms with Gasteiger partial charge in [-0.25, -0.2) is 0 Å². The van der Waals surface area contributed by atoms with E-state index in [0.717, 1.165) is 24.8 Å². The number of aromatic nitrogens is 2. The molecule has 2 N–H and O–H groups in total. The first-order chi connectivity index (χ1) is 16.0. The zero-order chi connectivity index (χ0) is 23.8. The second-order valence-electron chi connectivity index (χ2n) is 7.69. The summed E-state index contributed by atoms with van der Waals surface area (Å²) in [4.78, 5) is 28.7. The molecule has 0 bridgehead atoms. The molecule has 0 spiro atoms. The fourth-order valence-electron chi connectivity index (χ4n) is 3.56. The van der Waals surface area contributed by atoms with Crippen LogP contribution in [0.15, 0.2) is 41.2 Å². The minimum Gasteiger partial charge on any atom is -0.490 e. The second kappa shape index (κ2) is 11.7. The summed E-state index contributed by atoms with van der Waals surface area (Å²) < 4.78 is 13.1. The van der Waals surface area contributed by atoms with Crippen molar-refractivity contribution in [3.8, 4) is 11.5 Å². The Labute approximate surface area is 198 Å². The van der Waals surface area contributed by atoms with Crippen molar-refractivity contribution in [2.24, 2.45) is 0 Å². The Morgan fingerprint density at radius 2 is 1.70 bits per heavy atom. The first-order valence-corrected chi connectivity index (χ1v) is 11.8. The highest BCUT2D eigenvalue weighted by atomic mass is 32.1. The molecule has 0 aliphatic heterocycles. The van der Waals surface area contributed by atoms with Gasteiger partial charge in [0.15, 0.2) is 16.3 Å². The predicted molar refractivity (Wildman–Crippen MR) is 133 cm³/mol. The second-order valence-corrected chi connectivity index (χ2v) is 8.08. The maximum absolute atomic E-state index is 13.2. The van der Waals surface area contributed by atoms with Crippen LogP contribution in [0.5, 0.6) is 11.5 Å². The van der Waals surface area contributed by atoms with E-state index in [1.54, 1.807) is 24.3 Å². The Kier molecular flexibility index (Phi) is 8.65. The molecule has 1 amide bonds. The molecule has 0 saturated carbocycles. The fourth-order valence-corrected chi connectivity index (χ4v) is 3.82. The highest BCUT2D eigenvalue weighted by Gasteiger charge is 2.13. The van der Waals surface area contributed by atoms with E-state index in [2.05, 4.69) is 17.2 Å². The van der Waals surface area contributed by atoms with Crippen molar-refractivity contribution in [2.75, 3.05) is 19.8 Å². The molecule has 0 fully saturated rings. The molecule has 1 heterocycles. The first kappa shape index (κ1) is 24.5. The molecule has 0 atom stereocenters. The number of aromatic amines is 1. The number of amides is 1. The summed E-state index contributed by atoms with van der Waals surface area (Å²) in [7, 11) is 0. The van der Waals surface area contributed by atoms with Gasteiger partial charge in [0.1, 0.15) is 0 Å². The van der Waals surface area contributed by atoms with Gasteiger partial charge in [0.25, 0.3) is 11.5 Å². The minimum absolute atomic E-state index is 0.0913. The Morgan fingerprint density at radius 3 is 2.33 bits per heavy atom. The molecule has 3 rings (SSSR count). The molecule has 3 aromatic rings. The summed E-state index contributed by atoms with van der Waals surface area (Å²) in [5.41, 5.74) is 1.85. The van der Waals surface area contributed by atoms with Crippen molar-refractivity contribution < 1.29 is 14.3 Å². The van der Waals surface area contributed by atoms with Gasteiger partial charge in [-0.3, -0.25) is 14.2 Å². The number of unbranched alkanes of at least 4 members (excludes halogenated alkanes) is 2. The molecule has 2 aromatic carbocycles. The SMILES string of the molecule is CCCCCNC(=O)c1ccc(Cn2c(=S)[nH]c3cc(OCC)c(OCC)cc3c2=O)cc1. The van der Waals surface area contributed by atoms with E-state index in [-0.39, 0.29) is 11.5 Å². The van der Waals surface area contributed by atoms with Crippen LogP contribution in [-0.4, -0.2) is 35.2 Å². The fraction of sp³-hybridized carbons (Fsp3) is 0.400. The number of rotatable bonds is 11. The standard InChI is InChI=1S/C25H31N3O4S/c1-4-7-8-13-26-23(29)18-11-9-17(10-12-18)16-28-24(30)19-14-21(31-5-2)22(32-6-3)15-20(19)27-25(28)33/h9-12,14-15H,4-8,13,16H2,1-3H3,(H,26,29)(H,27,33). The molecule has 0 radical (unpaired) electrons. The third-order valence-electron chi connectivity index (χ3n) is 5.27. The summed E-state index contributed by atoms with van der Waals surface area (Å²) in [6.45, 7) is 7.80. The van der Waals surface area contributed by atoms with E-state index < -0.39 is 0 Å². The van der Waals surface area contributed by atoms with Gasteiger partial charge in [-0.05, 0) is 56.2 Å². The number of hydrogen-bond donors (Lipinski definition) is 2. The quantitative estimate of drug-likeness (QED) is 0.311. The molecule has 7 nitrogen and oxygen atoms in total. The topological polar surface area (TPSA) is 85.3 Å². The average Bonchev–Trinajstić information content (AvgIpc) is 2.81. The smallest absolute Gasteiger partial charge is 0.262 e. The van der Waals surface area contributed by atoms with Crippen LogP contribution in [-0.2, 0) is 6.54 Å². The third-order valence-corrected chi connectivity index (χ3v) is 5.59. The third kappa shape index (κ3) is 6.01. The molecule has 33 heavy (non-hydrogen) atoms. The molecule has 176 valence electrons. The van der Waals surface area contributed by atoms with Crippen LogP contribution >= 0.6 is 12.2 Å². The van der Waals surface area contributed by atoms with E-state index >= 15 is 0 Å². The largest absolute Gasteiger partial charge is 0.490 e. The summed E-state index contributed by atoms with van der Waals surface area (Å²) >= 11 is 5.47. The number of H-pyrrole nitrogens is 1. The highest BCUT2D eigenvalue weighted by molar-refractivity contribution is 7.71. The van der Waals surface area contributed by atoms with Gasteiger partial charge in [-0.15, -0.1) is 0 Å².